The first-order chi connectivity index (χ1) is 10.2. The summed E-state index contributed by atoms with van der Waals surface area (Å²) in [6.45, 7) is 0.562. The molecule has 21 heavy (non-hydrogen) atoms. The van der Waals surface area contributed by atoms with E-state index in [0.29, 0.717) is 18.0 Å². The van der Waals surface area contributed by atoms with Crippen LogP contribution in [0.3, 0.4) is 0 Å². The summed E-state index contributed by atoms with van der Waals surface area (Å²) in [5.74, 6) is 1.27. The fourth-order valence-electron chi connectivity index (χ4n) is 3.00. The van der Waals surface area contributed by atoms with Gasteiger partial charge in [0.15, 0.2) is 0 Å². The van der Waals surface area contributed by atoms with Gasteiger partial charge in [0.25, 0.3) is 5.91 Å². The minimum absolute atomic E-state index is 0.112. The summed E-state index contributed by atoms with van der Waals surface area (Å²) >= 11 is 0. The summed E-state index contributed by atoms with van der Waals surface area (Å²) < 4.78 is 5.68. The molecule has 1 amide bonds. The molecular weight excluding hydrogens is 266 g/mol. The van der Waals surface area contributed by atoms with Crippen LogP contribution in [-0.4, -0.2) is 35.1 Å². The number of hydrogen-bond donors (Lipinski definition) is 1. The lowest BCUT2D eigenvalue weighted by Crippen LogP contribution is -2.45. The molecule has 0 aliphatic heterocycles. The zero-order chi connectivity index (χ0) is 14.7. The molecule has 0 saturated heterocycles. The highest BCUT2D eigenvalue weighted by molar-refractivity contribution is 5.93. The van der Waals surface area contributed by atoms with E-state index in [-0.39, 0.29) is 11.5 Å². The number of methoxy groups -OCH3 is 1. The van der Waals surface area contributed by atoms with E-state index in [4.69, 9.17) is 4.74 Å². The topological polar surface area (TPSA) is 64.1 Å². The van der Waals surface area contributed by atoms with E-state index in [0.717, 1.165) is 18.7 Å². The number of carbonyl (C=O) groups is 1. The number of nitrogens with one attached hydrogen (secondary N) is 1. The predicted octanol–water partition coefficient (Wildman–Crippen LogP) is 2.43. The minimum Gasteiger partial charge on any atom is -0.376 e. The molecule has 5 heteroatoms. The standard InChI is InChI=1S/C16H23N3O2/c1-21-16(7-3-2-4-8-16)11-19-15(20)13-9-17-14(18-10-13)12-5-6-12/h9-10,12H,2-8,11H2,1H3,(H,19,20). The van der Waals surface area contributed by atoms with E-state index in [1.165, 1.54) is 32.1 Å². The van der Waals surface area contributed by atoms with Crippen LogP contribution in [0.15, 0.2) is 12.4 Å². The van der Waals surface area contributed by atoms with Gasteiger partial charge in [0, 0.05) is 32.0 Å². The normalized spacial score (nSPS) is 21.0. The highest BCUT2D eigenvalue weighted by atomic mass is 16.5. The van der Waals surface area contributed by atoms with Crippen LogP contribution in [0.2, 0.25) is 0 Å². The Balaban J connectivity index is 1.57. The van der Waals surface area contributed by atoms with Crippen molar-refractivity contribution in [3.05, 3.63) is 23.8 Å². The minimum atomic E-state index is -0.192. The second kappa shape index (κ2) is 6.10. The van der Waals surface area contributed by atoms with Crippen molar-refractivity contribution in [3.63, 3.8) is 0 Å². The first-order valence-electron chi connectivity index (χ1n) is 7.88. The molecule has 1 N–H and O–H groups in total. The Morgan fingerprint density at radius 3 is 2.52 bits per heavy atom. The van der Waals surface area contributed by atoms with E-state index in [2.05, 4.69) is 15.3 Å². The third kappa shape index (κ3) is 3.40. The smallest absolute Gasteiger partial charge is 0.254 e. The van der Waals surface area contributed by atoms with Gasteiger partial charge < -0.3 is 10.1 Å². The number of amides is 1. The highest BCUT2D eigenvalue weighted by Gasteiger charge is 2.32. The Morgan fingerprint density at radius 1 is 1.29 bits per heavy atom. The molecule has 2 aliphatic carbocycles. The molecule has 0 spiro atoms. The van der Waals surface area contributed by atoms with E-state index in [1.807, 2.05) is 0 Å². The first kappa shape index (κ1) is 14.4. The van der Waals surface area contributed by atoms with Crippen molar-refractivity contribution in [1.82, 2.24) is 15.3 Å². The SMILES string of the molecule is COC1(CNC(=O)c2cnc(C3CC3)nc2)CCCCC1. The summed E-state index contributed by atoms with van der Waals surface area (Å²) in [6, 6.07) is 0. The largest absolute Gasteiger partial charge is 0.376 e. The third-order valence-corrected chi connectivity index (χ3v) is 4.65. The zero-order valence-corrected chi connectivity index (χ0v) is 12.6. The Bertz CT molecular complexity index is 491. The average Bonchev–Trinajstić information content (AvgIpc) is 3.39. The molecule has 114 valence electrons. The highest BCUT2D eigenvalue weighted by Crippen LogP contribution is 2.37. The van der Waals surface area contributed by atoms with Crippen LogP contribution in [0.5, 0.6) is 0 Å². The number of carbonyl (C=O) groups excluding carboxylic acids is 1. The number of hydrogen-bond acceptors (Lipinski definition) is 4. The Morgan fingerprint density at radius 2 is 1.95 bits per heavy atom. The van der Waals surface area contributed by atoms with Gasteiger partial charge in [-0.15, -0.1) is 0 Å². The molecule has 2 aliphatic rings. The fraction of sp³-hybridized carbons (Fsp3) is 0.688. The van der Waals surface area contributed by atoms with Crippen LogP contribution in [0.1, 0.15) is 67.0 Å². The van der Waals surface area contributed by atoms with Crippen molar-refractivity contribution >= 4 is 5.91 Å². The lowest BCUT2D eigenvalue weighted by Gasteiger charge is -2.36. The molecule has 1 aromatic heterocycles. The Kier molecular flexibility index (Phi) is 4.19. The maximum atomic E-state index is 12.2. The molecule has 0 bridgehead atoms. The van der Waals surface area contributed by atoms with Gasteiger partial charge in [-0.25, -0.2) is 9.97 Å². The second-order valence-corrected chi connectivity index (χ2v) is 6.23. The van der Waals surface area contributed by atoms with Gasteiger partial charge >= 0.3 is 0 Å². The predicted molar refractivity (Wildman–Crippen MR) is 79.2 cm³/mol. The van der Waals surface area contributed by atoms with Crippen LogP contribution in [-0.2, 0) is 4.74 Å². The van der Waals surface area contributed by atoms with Gasteiger partial charge in [0.05, 0.1) is 11.2 Å². The molecule has 0 atom stereocenters. The van der Waals surface area contributed by atoms with E-state index in [1.54, 1.807) is 19.5 Å². The third-order valence-electron chi connectivity index (χ3n) is 4.65. The number of aromatic nitrogens is 2. The van der Waals surface area contributed by atoms with Gasteiger partial charge in [-0.05, 0) is 25.7 Å². The molecule has 0 unspecified atom stereocenters. The van der Waals surface area contributed by atoms with Gasteiger partial charge in [0.2, 0.25) is 0 Å². The molecular formula is C16H23N3O2. The maximum absolute atomic E-state index is 12.2. The van der Waals surface area contributed by atoms with Gasteiger partial charge in [-0.1, -0.05) is 19.3 Å². The second-order valence-electron chi connectivity index (χ2n) is 6.23. The van der Waals surface area contributed by atoms with E-state index >= 15 is 0 Å². The monoisotopic (exact) mass is 289 g/mol. The summed E-state index contributed by atoms with van der Waals surface area (Å²) in [5.41, 5.74) is 0.337. The van der Waals surface area contributed by atoms with Gasteiger partial charge in [-0.3, -0.25) is 4.79 Å². The summed E-state index contributed by atoms with van der Waals surface area (Å²) in [7, 11) is 1.74. The first-order valence-corrected chi connectivity index (χ1v) is 7.88. The Hall–Kier alpha value is -1.49. The number of ether oxygens (including phenoxy) is 1. The number of rotatable bonds is 5. The summed E-state index contributed by atoms with van der Waals surface area (Å²) in [6.07, 6.45) is 11.2. The fourth-order valence-corrected chi connectivity index (χ4v) is 3.00. The van der Waals surface area contributed by atoms with Gasteiger partial charge in [-0.2, -0.15) is 0 Å². The van der Waals surface area contributed by atoms with Crippen molar-refractivity contribution in [2.75, 3.05) is 13.7 Å². The summed E-state index contributed by atoms with van der Waals surface area (Å²) in [5, 5.41) is 2.98. The van der Waals surface area contributed by atoms with Crippen LogP contribution >= 0.6 is 0 Å². The maximum Gasteiger partial charge on any atom is 0.254 e. The lowest BCUT2D eigenvalue weighted by molar-refractivity contribution is -0.0364. The lowest BCUT2D eigenvalue weighted by atomic mass is 9.84. The van der Waals surface area contributed by atoms with Crippen molar-refractivity contribution in [2.45, 2.75) is 56.5 Å². The molecule has 2 fully saturated rings. The van der Waals surface area contributed by atoms with Gasteiger partial charge in [0.1, 0.15) is 5.82 Å². The van der Waals surface area contributed by atoms with Crippen molar-refractivity contribution in [2.24, 2.45) is 0 Å². The molecule has 0 aromatic carbocycles. The molecule has 1 heterocycles. The quantitative estimate of drug-likeness (QED) is 0.904. The molecule has 0 radical (unpaired) electrons. The van der Waals surface area contributed by atoms with Crippen molar-refractivity contribution in [1.29, 1.82) is 0 Å². The van der Waals surface area contributed by atoms with Crippen molar-refractivity contribution in [3.8, 4) is 0 Å². The Labute approximate surface area is 125 Å². The van der Waals surface area contributed by atoms with E-state index < -0.39 is 0 Å². The van der Waals surface area contributed by atoms with Crippen LogP contribution < -0.4 is 5.32 Å². The van der Waals surface area contributed by atoms with Crippen LogP contribution in [0.4, 0.5) is 0 Å². The zero-order valence-electron chi connectivity index (χ0n) is 12.6. The average molecular weight is 289 g/mol. The van der Waals surface area contributed by atoms with Crippen LogP contribution in [0.25, 0.3) is 0 Å². The van der Waals surface area contributed by atoms with Crippen molar-refractivity contribution < 1.29 is 9.53 Å². The molecule has 2 saturated carbocycles. The molecule has 5 nitrogen and oxygen atoms in total. The summed E-state index contributed by atoms with van der Waals surface area (Å²) in [4.78, 5) is 20.8. The van der Waals surface area contributed by atoms with E-state index in [9.17, 15) is 4.79 Å². The molecule has 1 aromatic rings. The molecule has 3 rings (SSSR count). The van der Waals surface area contributed by atoms with Crippen LogP contribution in [0, 0.1) is 0 Å². The number of nitrogens with zero attached hydrogens (tertiary/aromatic N) is 2.